The normalized spacial score (nSPS) is 13.0. The smallest absolute Gasteiger partial charge is 0.351 e. The molecule has 0 saturated heterocycles. The molecule has 2 rings (SSSR count). The number of hydrogen-bond donors (Lipinski definition) is 4. The fraction of sp³-hybridized carbons (Fsp3) is 0.111. The summed E-state index contributed by atoms with van der Waals surface area (Å²) in [7, 11) is 0. The SMILES string of the molecule is C.O=C1OC(=O)c2c(O)c(O)c(O)c(O)c21. The molecule has 0 saturated carbocycles. The van der Waals surface area contributed by atoms with E-state index in [0.29, 0.717) is 0 Å². The van der Waals surface area contributed by atoms with Crippen molar-refractivity contribution in [2.24, 2.45) is 0 Å². The van der Waals surface area contributed by atoms with Crippen molar-refractivity contribution in [3.8, 4) is 23.0 Å². The summed E-state index contributed by atoms with van der Waals surface area (Å²) in [6.07, 6.45) is 0. The third-order valence-corrected chi connectivity index (χ3v) is 1.99. The molecular formula is C9H8O7. The number of hydrogen-bond acceptors (Lipinski definition) is 7. The number of carbonyl (C=O) groups is 2. The Balaban J connectivity index is 0.00000128. The van der Waals surface area contributed by atoms with E-state index < -0.39 is 46.1 Å². The van der Waals surface area contributed by atoms with Crippen LogP contribution in [0, 0.1) is 0 Å². The van der Waals surface area contributed by atoms with E-state index >= 15 is 0 Å². The summed E-state index contributed by atoms with van der Waals surface area (Å²) in [5.41, 5.74) is -1.32. The molecule has 1 aromatic rings. The fourth-order valence-electron chi connectivity index (χ4n) is 1.28. The number of benzene rings is 1. The summed E-state index contributed by atoms with van der Waals surface area (Å²) in [5, 5.41) is 36.6. The Morgan fingerprint density at radius 3 is 1.31 bits per heavy atom. The van der Waals surface area contributed by atoms with Crippen molar-refractivity contribution in [3.05, 3.63) is 11.1 Å². The van der Waals surface area contributed by atoms with E-state index in [9.17, 15) is 19.8 Å². The zero-order valence-corrected chi connectivity index (χ0v) is 7.01. The average Bonchev–Trinajstić information content (AvgIpc) is 2.47. The molecule has 0 spiro atoms. The Kier molecular flexibility index (Phi) is 2.40. The largest absolute Gasteiger partial charge is 0.504 e. The second kappa shape index (κ2) is 3.30. The Morgan fingerprint density at radius 2 is 1.00 bits per heavy atom. The molecule has 7 heteroatoms. The Morgan fingerprint density at radius 1 is 0.688 bits per heavy atom. The van der Waals surface area contributed by atoms with Gasteiger partial charge in [0.15, 0.2) is 11.5 Å². The summed E-state index contributed by atoms with van der Waals surface area (Å²) >= 11 is 0. The van der Waals surface area contributed by atoms with Crippen molar-refractivity contribution in [3.63, 3.8) is 0 Å². The van der Waals surface area contributed by atoms with Crippen molar-refractivity contribution < 1.29 is 34.8 Å². The summed E-state index contributed by atoms with van der Waals surface area (Å²) in [4.78, 5) is 22.0. The minimum Gasteiger partial charge on any atom is -0.504 e. The highest BCUT2D eigenvalue weighted by atomic mass is 16.6. The number of phenols is 4. The van der Waals surface area contributed by atoms with Crippen LogP contribution >= 0.6 is 0 Å². The minimum absolute atomic E-state index is 0. The van der Waals surface area contributed by atoms with Crippen LogP contribution in [0.2, 0.25) is 0 Å². The van der Waals surface area contributed by atoms with E-state index in [4.69, 9.17) is 10.2 Å². The van der Waals surface area contributed by atoms with Crippen molar-refractivity contribution in [1.29, 1.82) is 0 Å². The van der Waals surface area contributed by atoms with Crippen LogP contribution < -0.4 is 0 Å². The van der Waals surface area contributed by atoms with Crippen LogP contribution in [-0.4, -0.2) is 32.4 Å². The number of aromatic hydroxyl groups is 4. The van der Waals surface area contributed by atoms with Crippen LogP contribution in [0.15, 0.2) is 0 Å². The van der Waals surface area contributed by atoms with Crippen LogP contribution in [0.4, 0.5) is 0 Å². The molecule has 0 aromatic heterocycles. The predicted octanol–water partition coefficient (Wildman–Crippen LogP) is 0.456. The number of carbonyl (C=O) groups excluding carboxylic acids is 2. The number of esters is 2. The van der Waals surface area contributed by atoms with Crippen molar-refractivity contribution in [2.45, 2.75) is 7.43 Å². The maximum absolute atomic E-state index is 11.0. The summed E-state index contributed by atoms with van der Waals surface area (Å²) in [6.45, 7) is 0. The lowest BCUT2D eigenvalue weighted by atomic mass is 10.1. The van der Waals surface area contributed by atoms with Gasteiger partial charge in [-0.3, -0.25) is 0 Å². The maximum Gasteiger partial charge on any atom is 0.351 e. The molecule has 0 fully saturated rings. The van der Waals surface area contributed by atoms with Crippen LogP contribution in [0.1, 0.15) is 28.1 Å². The first-order valence-corrected chi connectivity index (χ1v) is 3.71. The molecule has 0 bridgehead atoms. The van der Waals surface area contributed by atoms with Gasteiger partial charge in [0.2, 0.25) is 11.5 Å². The van der Waals surface area contributed by atoms with Gasteiger partial charge in [-0.15, -0.1) is 0 Å². The van der Waals surface area contributed by atoms with Gasteiger partial charge in [-0.2, -0.15) is 0 Å². The van der Waals surface area contributed by atoms with Crippen molar-refractivity contribution >= 4 is 11.9 Å². The molecule has 0 atom stereocenters. The van der Waals surface area contributed by atoms with E-state index in [1.54, 1.807) is 0 Å². The van der Waals surface area contributed by atoms with Crippen molar-refractivity contribution in [2.75, 3.05) is 0 Å². The lowest BCUT2D eigenvalue weighted by molar-refractivity contribution is 0.0442. The molecule has 0 unspecified atom stereocenters. The molecule has 16 heavy (non-hydrogen) atoms. The molecule has 1 aromatic carbocycles. The van der Waals surface area contributed by atoms with Gasteiger partial charge in [0, 0.05) is 0 Å². The maximum atomic E-state index is 11.0. The second-order valence-electron chi connectivity index (χ2n) is 2.82. The third kappa shape index (κ3) is 1.14. The zero-order chi connectivity index (χ0) is 11.3. The summed E-state index contributed by atoms with van der Waals surface area (Å²) < 4.78 is 4.08. The van der Waals surface area contributed by atoms with Crippen LogP contribution in [0.3, 0.4) is 0 Å². The van der Waals surface area contributed by atoms with Gasteiger partial charge in [-0.25, -0.2) is 9.59 Å². The molecule has 0 amide bonds. The highest BCUT2D eigenvalue weighted by Gasteiger charge is 2.39. The van der Waals surface area contributed by atoms with E-state index in [0.717, 1.165) is 0 Å². The zero-order valence-electron chi connectivity index (χ0n) is 7.01. The van der Waals surface area contributed by atoms with Gasteiger partial charge in [0.05, 0.1) is 0 Å². The van der Waals surface area contributed by atoms with Crippen LogP contribution in [-0.2, 0) is 4.74 Å². The van der Waals surface area contributed by atoms with E-state index in [-0.39, 0.29) is 7.43 Å². The first kappa shape index (κ1) is 11.6. The summed E-state index contributed by atoms with van der Waals surface area (Å²) in [5.74, 6) is -6.57. The Hall–Kier alpha value is -2.44. The number of cyclic esters (lactones) is 2. The number of ether oxygens (including phenoxy) is 1. The second-order valence-corrected chi connectivity index (χ2v) is 2.82. The first-order valence-electron chi connectivity index (χ1n) is 3.71. The molecule has 86 valence electrons. The van der Waals surface area contributed by atoms with Gasteiger partial charge in [0.1, 0.15) is 11.1 Å². The fourth-order valence-corrected chi connectivity index (χ4v) is 1.28. The van der Waals surface area contributed by atoms with E-state index in [2.05, 4.69) is 4.74 Å². The van der Waals surface area contributed by atoms with Gasteiger partial charge in [-0.05, 0) is 0 Å². The predicted molar refractivity (Wildman–Crippen MR) is 49.6 cm³/mol. The molecule has 7 nitrogen and oxygen atoms in total. The molecule has 1 aliphatic heterocycles. The highest BCUT2D eigenvalue weighted by molar-refractivity contribution is 6.18. The molecule has 1 aliphatic rings. The Labute approximate surface area is 89.1 Å². The topological polar surface area (TPSA) is 124 Å². The average molecular weight is 228 g/mol. The van der Waals surface area contributed by atoms with Crippen LogP contribution in [0.5, 0.6) is 23.0 Å². The minimum atomic E-state index is -1.20. The van der Waals surface area contributed by atoms with Gasteiger partial charge >= 0.3 is 11.9 Å². The van der Waals surface area contributed by atoms with Gasteiger partial charge in [0.25, 0.3) is 0 Å². The monoisotopic (exact) mass is 228 g/mol. The molecule has 0 aliphatic carbocycles. The molecule has 0 radical (unpaired) electrons. The highest BCUT2D eigenvalue weighted by Crippen LogP contribution is 2.49. The molecule has 1 heterocycles. The van der Waals surface area contributed by atoms with E-state index in [1.807, 2.05) is 0 Å². The third-order valence-electron chi connectivity index (χ3n) is 1.99. The number of phenolic OH excluding ortho intramolecular Hbond substituents is 4. The number of rotatable bonds is 0. The van der Waals surface area contributed by atoms with Gasteiger partial charge in [-0.1, -0.05) is 7.43 Å². The molecule has 4 N–H and O–H groups in total. The lowest BCUT2D eigenvalue weighted by Crippen LogP contribution is -1.97. The van der Waals surface area contributed by atoms with Crippen LogP contribution in [0.25, 0.3) is 0 Å². The molecular weight excluding hydrogens is 220 g/mol. The summed E-state index contributed by atoms with van der Waals surface area (Å²) in [6, 6.07) is 0. The first-order chi connectivity index (χ1) is 6.95. The van der Waals surface area contributed by atoms with E-state index in [1.165, 1.54) is 0 Å². The van der Waals surface area contributed by atoms with Gasteiger partial charge < -0.3 is 25.2 Å². The Bertz CT molecular complexity index is 458. The lowest BCUT2D eigenvalue weighted by Gasteiger charge is -2.05. The quantitative estimate of drug-likeness (QED) is 0.220. The number of fused-ring (bicyclic) bond motifs is 1. The van der Waals surface area contributed by atoms with Crippen molar-refractivity contribution in [1.82, 2.24) is 0 Å². The standard InChI is InChI=1S/C8H4O7.CH4/c9-3-1-2(8(14)15-7(1)13)4(10)6(12)5(3)11;/h9-12H;1H4.